The maximum atomic E-state index is 11.9. The lowest BCUT2D eigenvalue weighted by atomic mass is 10.1. The molecule has 0 unspecified atom stereocenters. The minimum Gasteiger partial charge on any atom is -0.744 e. The lowest BCUT2D eigenvalue weighted by Gasteiger charge is -2.05. The van der Waals surface area contributed by atoms with E-state index in [-0.39, 0.29) is 16.4 Å². The number of pyridine rings is 1. The number of anilines is 1. The van der Waals surface area contributed by atoms with Crippen LogP contribution in [0.2, 0.25) is 0 Å². The third kappa shape index (κ3) is 4.41. The summed E-state index contributed by atoms with van der Waals surface area (Å²) in [6, 6.07) is 15.5. The summed E-state index contributed by atoms with van der Waals surface area (Å²) >= 11 is 0. The van der Waals surface area contributed by atoms with Gasteiger partial charge >= 0.3 is 11.6 Å². The first-order valence-electron chi connectivity index (χ1n) is 8.84. The molecular weight excluding hydrogens is 392 g/mol. The van der Waals surface area contributed by atoms with Gasteiger partial charge in [-0.25, -0.2) is 13.0 Å². The summed E-state index contributed by atoms with van der Waals surface area (Å²) in [5.41, 5.74) is 8.01. The number of nitrogen functional groups attached to an aromatic ring is 1. The second-order valence-corrected chi connectivity index (χ2v) is 7.78. The molecule has 0 amide bonds. The highest BCUT2D eigenvalue weighted by atomic mass is 32.2. The zero-order valence-electron chi connectivity index (χ0n) is 15.9. The van der Waals surface area contributed by atoms with E-state index in [0.29, 0.717) is 11.0 Å². The summed E-state index contributed by atoms with van der Waals surface area (Å²) in [5, 5.41) is 1.58. The van der Waals surface area contributed by atoms with Crippen molar-refractivity contribution in [2.75, 3.05) is 5.73 Å². The fourth-order valence-corrected chi connectivity index (χ4v) is 3.44. The zero-order chi connectivity index (χ0) is 21.2. The average molecular weight is 412 g/mol. The standard InChI is InChI=1S/C13H12N4O.C7H8O3S/c1-2-17-10-6-4-3-5-8(10)7-9-11(17)15-13(14)16-12(9)18;1-6-2-4-7(5-3-6)11(8,9)10/h3-7H,2H2,1H3,(H2,14,16,18);2-5H,1H3,(H,8,9,10). The molecule has 0 spiro atoms. The molecule has 0 aliphatic heterocycles. The highest BCUT2D eigenvalue weighted by Crippen LogP contribution is 2.14. The molecule has 0 aliphatic carbocycles. The summed E-state index contributed by atoms with van der Waals surface area (Å²) in [6.45, 7) is 4.57. The highest BCUT2D eigenvalue weighted by Gasteiger charge is 2.17. The van der Waals surface area contributed by atoms with Crippen molar-refractivity contribution in [1.29, 1.82) is 0 Å². The molecule has 0 fully saturated rings. The normalized spacial score (nSPS) is 11.3. The number of nitrogens with one attached hydrogen (secondary N) is 1. The largest absolute Gasteiger partial charge is 0.744 e. The Balaban J connectivity index is 0.000000188. The minimum atomic E-state index is -4.27. The third-order valence-electron chi connectivity index (χ3n) is 4.36. The Morgan fingerprint density at radius 1 is 1.14 bits per heavy atom. The van der Waals surface area contributed by atoms with Crippen molar-refractivity contribution < 1.29 is 17.5 Å². The van der Waals surface area contributed by atoms with Crippen molar-refractivity contribution in [1.82, 2.24) is 9.97 Å². The summed E-state index contributed by atoms with van der Waals surface area (Å²) in [4.78, 5) is 18.5. The Morgan fingerprint density at radius 2 is 1.79 bits per heavy atom. The van der Waals surface area contributed by atoms with Gasteiger partial charge in [-0.2, -0.15) is 0 Å². The fraction of sp³-hybridized carbons (Fsp3) is 0.150. The maximum absolute atomic E-state index is 11.9. The van der Waals surface area contributed by atoms with E-state index in [4.69, 9.17) is 5.73 Å². The monoisotopic (exact) mass is 412 g/mol. The molecule has 4 aromatic rings. The van der Waals surface area contributed by atoms with Gasteiger partial charge in [0.05, 0.1) is 11.4 Å². The smallest absolute Gasteiger partial charge is 0.340 e. The van der Waals surface area contributed by atoms with Gasteiger partial charge in [-0.15, -0.1) is 0 Å². The number of nitrogens with zero attached hydrogens (tertiary/aromatic N) is 2. The van der Waals surface area contributed by atoms with Crippen LogP contribution >= 0.6 is 0 Å². The molecule has 0 atom stereocenters. The Bertz CT molecular complexity index is 1350. The van der Waals surface area contributed by atoms with Gasteiger partial charge in [0, 0.05) is 5.39 Å². The number of rotatable bonds is 2. The molecule has 0 saturated carbocycles. The quantitative estimate of drug-likeness (QED) is 0.293. The number of nitrogens with two attached hydrogens (primary N) is 1. The lowest BCUT2D eigenvalue weighted by Crippen LogP contribution is -2.36. The van der Waals surface area contributed by atoms with Crippen LogP contribution in [0.15, 0.2) is 64.3 Å². The highest BCUT2D eigenvalue weighted by molar-refractivity contribution is 7.85. The molecular formula is C20H20N4O4S. The first-order valence-corrected chi connectivity index (χ1v) is 10.2. The van der Waals surface area contributed by atoms with Gasteiger partial charge in [0.2, 0.25) is 0 Å². The van der Waals surface area contributed by atoms with Gasteiger partial charge in [-0.05, 0) is 43.1 Å². The van der Waals surface area contributed by atoms with Gasteiger partial charge in [0.1, 0.15) is 21.0 Å². The molecule has 0 bridgehead atoms. The number of hydrogen-bond donors (Lipinski definition) is 2. The molecule has 8 nitrogen and oxygen atoms in total. The molecule has 9 heteroatoms. The maximum Gasteiger partial charge on any atom is 0.340 e. The molecule has 29 heavy (non-hydrogen) atoms. The van der Waals surface area contributed by atoms with Crippen molar-refractivity contribution in [2.45, 2.75) is 25.3 Å². The van der Waals surface area contributed by atoms with E-state index in [1.807, 2.05) is 48.7 Å². The van der Waals surface area contributed by atoms with Crippen molar-refractivity contribution >= 4 is 38.0 Å². The number of fused-ring (bicyclic) bond motifs is 2. The number of aromatic nitrogens is 3. The second-order valence-electron chi connectivity index (χ2n) is 6.40. The molecule has 2 aromatic heterocycles. The summed E-state index contributed by atoms with van der Waals surface area (Å²) in [7, 11) is -4.27. The Morgan fingerprint density at radius 3 is 2.41 bits per heavy atom. The van der Waals surface area contributed by atoms with Crippen LogP contribution in [0.25, 0.3) is 21.9 Å². The van der Waals surface area contributed by atoms with Crippen LogP contribution in [0.1, 0.15) is 12.5 Å². The van der Waals surface area contributed by atoms with E-state index < -0.39 is 10.1 Å². The molecule has 2 aromatic carbocycles. The Kier molecular flexibility index (Phi) is 5.62. The number of aryl methyl sites for hydroxylation is 2. The molecule has 0 aliphatic rings. The topological polar surface area (TPSA) is 133 Å². The summed E-state index contributed by atoms with van der Waals surface area (Å²) in [6.07, 6.45) is 0. The molecule has 0 saturated heterocycles. The minimum absolute atomic E-state index is 0.144. The number of hydrogen-bond acceptors (Lipinski definition) is 6. The van der Waals surface area contributed by atoms with Gasteiger partial charge < -0.3 is 10.3 Å². The molecule has 3 N–H and O–H groups in total. The van der Waals surface area contributed by atoms with Gasteiger partial charge in [-0.1, -0.05) is 35.9 Å². The van der Waals surface area contributed by atoms with Crippen molar-refractivity contribution in [3.05, 3.63) is 70.5 Å². The van der Waals surface area contributed by atoms with Crippen LogP contribution in [0, 0.1) is 6.92 Å². The Labute approximate surface area is 167 Å². The summed E-state index contributed by atoms with van der Waals surface area (Å²) < 4.78 is 33.2. The summed E-state index contributed by atoms with van der Waals surface area (Å²) in [5.74, 6) is 0.144. The van der Waals surface area contributed by atoms with Crippen LogP contribution in [0.4, 0.5) is 5.95 Å². The number of para-hydroxylation sites is 1. The lowest BCUT2D eigenvalue weighted by molar-refractivity contribution is -0.643. The number of aromatic amines is 1. The van der Waals surface area contributed by atoms with E-state index >= 15 is 0 Å². The van der Waals surface area contributed by atoms with Crippen LogP contribution in [0.3, 0.4) is 0 Å². The van der Waals surface area contributed by atoms with E-state index in [9.17, 15) is 17.8 Å². The average Bonchev–Trinajstić information content (AvgIpc) is 2.67. The van der Waals surface area contributed by atoms with E-state index in [2.05, 4.69) is 9.97 Å². The molecule has 150 valence electrons. The van der Waals surface area contributed by atoms with Gasteiger partial charge in [0.25, 0.3) is 5.56 Å². The van der Waals surface area contributed by atoms with Crippen LogP contribution in [0.5, 0.6) is 0 Å². The van der Waals surface area contributed by atoms with Gasteiger partial charge in [0.15, 0.2) is 0 Å². The first-order chi connectivity index (χ1) is 13.7. The SMILES string of the molecule is CC[n+]1c2ccccc2cc2c(=O)[nH]c(N)nc21.Cc1ccc(S(=O)(=O)[O-])cc1. The van der Waals surface area contributed by atoms with Gasteiger partial charge in [-0.3, -0.25) is 9.78 Å². The van der Waals surface area contributed by atoms with Crippen molar-refractivity contribution in [2.24, 2.45) is 0 Å². The molecule has 4 rings (SSSR count). The third-order valence-corrected chi connectivity index (χ3v) is 5.21. The van der Waals surface area contributed by atoms with Crippen LogP contribution < -0.4 is 15.9 Å². The Hall–Kier alpha value is -3.30. The molecule has 0 radical (unpaired) electrons. The second kappa shape index (κ2) is 7.98. The molecule has 2 heterocycles. The number of H-pyrrole nitrogens is 1. The van der Waals surface area contributed by atoms with Crippen molar-refractivity contribution in [3.8, 4) is 0 Å². The predicted molar refractivity (Wildman–Crippen MR) is 109 cm³/mol. The fourth-order valence-electron chi connectivity index (χ4n) is 2.97. The van der Waals surface area contributed by atoms with Crippen LogP contribution in [-0.4, -0.2) is 22.9 Å². The van der Waals surface area contributed by atoms with Crippen molar-refractivity contribution in [3.63, 3.8) is 0 Å². The predicted octanol–water partition coefficient (Wildman–Crippen LogP) is 1.87. The van der Waals surface area contributed by atoms with Crippen LogP contribution in [-0.2, 0) is 16.7 Å². The van der Waals surface area contributed by atoms with E-state index in [1.165, 1.54) is 12.1 Å². The van der Waals surface area contributed by atoms with E-state index in [0.717, 1.165) is 23.0 Å². The number of benzene rings is 2. The first kappa shape index (κ1) is 20.4. The van der Waals surface area contributed by atoms with E-state index in [1.54, 1.807) is 12.1 Å². The zero-order valence-corrected chi connectivity index (χ0v) is 16.7.